The summed E-state index contributed by atoms with van der Waals surface area (Å²) >= 11 is 0. The van der Waals surface area contributed by atoms with Gasteiger partial charge in [-0.15, -0.1) is 13.2 Å². The lowest BCUT2D eigenvalue weighted by Gasteiger charge is -2.28. The first-order chi connectivity index (χ1) is 27.9. The van der Waals surface area contributed by atoms with E-state index in [-0.39, 0.29) is 23.9 Å². The van der Waals surface area contributed by atoms with Gasteiger partial charge in [0.25, 0.3) is 5.91 Å². The number of hydrogen-bond acceptors (Lipinski definition) is 7. The highest BCUT2D eigenvalue weighted by atomic mass is 16.5. The minimum Gasteiger partial charge on any atom is -0.466 e. The van der Waals surface area contributed by atoms with E-state index in [0.717, 1.165) is 116 Å². The minimum absolute atomic E-state index is 0.00441. The molecule has 1 rings (SSSR count). The first kappa shape index (κ1) is 54.4. The van der Waals surface area contributed by atoms with Crippen LogP contribution in [-0.2, 0) is 23.9 Å². The Hall–Kier alpha value is -2.61. The summed E-state index contributed by atoms with van der Waals surface area (Å²) in [6.45, 7) is 21.3. The zero-order chi connectivity index (χ0) is 42.0. The van der Waals surface area contributed by atoms with Crippen LogP contribution in [0.15, 0.2) is 37.8 Å². The van der Waals surface area contributed by atoms with Gasteiger partial charge in [-0.2, -0.15) is 0 Å². The monoisotopic (exact) mass is 802 g/mol. The van der Waals surface area contributed by atoms with Crippen LogP contribution in [-0.4, -0.2) is 66.5 Å². The second-order valence-electron chi connectivity index (χ2n) is 16.2. The first-order valence-corrected chi connectivity index (χ1v) is 23.9. The van der Waals surface area contributed by atoms with E-state index >= 15 is 0 Å². The van der Waals surface area contributed by atoms with E-state index in [1.54, 1.807) is 6.08 Å². The van der Waals surface area contributed by atoms with Gasteiger partial charge in [-0.1, -0.05) is 149 Å². The molecule has 8 heteroatoms. The largest absolute Gasteiger partial charge is 0.466 e. The SMILES string of the molecule is C=C.C=C1NC(=O)C=CN1CCCN(CCCCCCCC(=O)OCCCCCCCCC)CCCCCCCC(=O)OC(CCCCCC)CCCCCCC. The summed E-state index contributed by atoms with van der Waals surface area (Å²) in [7, 11) is 0. The predicted molar refractivity (Wildman–Crippen MR) is 242 cm³/mol. The Balaban J connectivity index is 0.0000154. The molecule has 0 aliphatic carbocycles. The van der Waals surface area contributed by atoms with Crippen molar-refractivity contribution in [1.29, 1.82) is 0 Å². The predicted octanol–water partition coefficient (Wildman–Crippen LogP) is 13.1. The number of nitrogens with one attached hydrogen (secondary N) is 1. The highest BCUT2D eigenvalue weighted by Crippen LogP contribution is 2.18. The molecule has 8 nitrogen and oxygen atoms in total. The Bertz CT molecular complexity index is 1000. The highest BCUT2D eigenvalue weighted by molar-refractivity contribution is 5.89. The van der Waals surface area contributed by atoms with Crippen molar-refractivity contribution >= 4 is 17.8 Å². The van der Waals surface area contributed by atoms with Crippen molar-refractivity contribution in [2.75, 3.05) is 32.8 Å². The van der Waals surface area contributed by atoms with E-state index in [9.17, 15) is 14.4 Å². The molecule has 0 bridgehead atoms. The molecule has 0 aromatic carbocycles. The molecule has 1 unspecified atom stereocenters. The van der Waals surface area contributed by atoms with Crippen LogP contribution in [0.2, 0.25) is 0 Å². The second-order valence-corrected chi connectivity index (χ2v) is 16.2. The van der Waals surface area contributed by atoms with E-state index < -0.39 is 0 Å². The number of unbranched alkanes of at least 4 members (excludes halogenated alkanes) is 21. The third kappa shape index (κ3) is 35.1. The lowest BCUT2D eigenvalue weighted by atomic mass is 10.0. The van der Waals surface area contributed by atoms with Gasteiger partial charge in [0, 0.05) is 31.7 Å². The zero-order valence-corrected chi connectivity index (χ0v) is 37.7. The number of rotatable bonds is 40. The van der Waals surface area contributed by atoms with Crippen molar-refractivity contribution < 1.29 is 23.9 Å². The summed E-state index contributed by atoms with van der Waals surface area (Å²) in [6.07, 6.45) is 38.4. The summed E-state index contributed by atoms with van der Waals surface area (Å²) < 4.78 is 11.5. The van der Waals surface area contributed by atoms with Gasteiger partial charge in [-0.05, 0) is 83.8 Å². The molecule has 1 aliphatic heterocycles. The smallest absolute Gasteiger partial charge is 0.306 e. The van der Waals surface area contributed by atoms with Crippen LogP contribution >= 0.6 is 0 Å². The van der Waals surface area contributed by atoms with Crippen LogP contribution in [0, 0.1) is 0 Å². The summed E-state index contributed by atoms with van der Waals surface area (Å²) in [5, 5.41) is 2.79. The topological polar surface area (TPSA) is 88.2 Å². The van der Waals surface area contributed by atoms with Crippen LogP contribution < -0.4 is 5.32 Å². The average molecular weight is 802 g/mol. The summed E-state index contributed by atoms with van der Waals surface area (Å²) in [6, 6.07) is 0. The van der Waals surface area contributed by atoms with E-state index in [1.807, 2.05) is 11.1 Å². The van der Waals surface area contributed by atoms with Crippen molar-refractivity contribution in [2.45, 2.75) is 226 Å². The average Bonchev–Trinajstić information content (AvgIpc) is 3.20. The number of carbonyl (C=O) groups is 3. The molecule has 1 heterocycles. The fourth-order valence-electron chi connectivity index (χ4n) is 7.38. The van der Waals surface area contributed by atoms with Gasteiger partial charge < -0.3 is 24.6 Å². The highest BCUT2D eigenvalue weighted by Gasteiger charge is 2.15. The standard InChI is InChI=1S/C47H87N3O5.C2H4/c1-5-8-11-14-15-23-30-42-54-46(52)34-26-19-16-21-28-37-49(39-31-40-50-41-36-45(51)48-43(50)4)38-29-22-17-20-27-35-47(53)55-44(32-24-13-10-7-3)33-25-18-12-9-6-2;1-2/h36,41,44H,4-35,37-40,42H2,1-3H3,(H,48,51);1-2H2. The molecule has 1 atom stereocenters. The van der Waals surface area contributed by atoms with E-state index in [0.29, 0.717) is 25.3 Å². The van der Waals surface area contributed by atoms with Crippen LogP contribution in [0.25, 0.3) is 0 Å². The van der Waals surface area contributed by atoms with Crippen molar-refractivity contribution in [2.24, 2.45) is 0 Å². The van der Waals surface area contributed by atoms with Gasteiger partial charge in [0.15, 0.2) is 0 Å². The second kappa shape index (κ2) is 41.5. The maximum atomic E-state index is 12.7. The Labute approximate surface area is 352 Å². The Kier molecular flexibility index (Phi) is 39.6. The Morgan fingerprint density at radius 3 is 1.60 bits per heavy atom. The summed E-state index contributed by atoms with van der Waals surface area (Å²) in [5.74, 6) is 0.503. The number of hydrogen-bond donors (Lipinski definition) is 1. The molecule has 0 aromatic rings. The van der Waals surface area contributed by atoms with E-state index in [1.165, 1.54) is 96.3 Å². The molecular weight excluding hydrogens is 711 g/mol. The summed E-state index contributed by atoms with van der Waals surface area (Å²) in [4.78, 5) is 41.1. The lowest BCUT2D eigenvalue weighted by molar-refractivity contribution is -0.150. The quantitative estimate of drug-likeness (QED) is 0.0375. The molecule has 1 amide bonds. The normalized spacial score (nSPS) is 13.0. The molecule has 1 N–H and O–H groups in total. The fraction of sp³-hybridized carbons (Fsp3) is 0.816. The van der Waals surface area contributed by atoms with E-state index in [2.05, 4.69) is 50.7 Å². The number of amides is 1. The van der Waals surface area contributed by atoms with Gasteiger partial charge in [-0.3, -0.25) is 14.4 Å². The van der Waals surface area contributed by atoms with Gasteiger partial charge in [0.2, 0.25) is 0 Å². The van der Waals surface area contributed by atoms with Crippen LogP contribution in [0.3, 0.4) is 0 Å². The molecule has 57 heavy (non-hydrogen) atoms. The fourth-order valence-corrected chi connectivity index (χ4v) is 7.38. The number of ether oxygens (including phenoxy) is 2. The van der Waals surface area contributed by atoms with Crippen molar-refractivity contribution in [3.63, 3.8) is 0 Å². The number of nitrogens with zero attached hydrogens (tertiary/aromatic N) is 2. The molecule has 332 valence electrons. The maximum Gasteiger partial charge on any atom is 0.306 e. The van der Waals surface area contributed by atoms with Crippen molar-refractivity contribution in [3.8, 4) is 0 Å². The molecule has 1 aliphatic rings. The number of esters is 2. The molecule has 0 fully saturated rings. The van der Waals surface area contributed by atoms with Gasteiger partial charge in [-0.25, -0.2) is 0 Å². The third-order valence-electron chi connectivity index (χ3n) is 10.9. The molecule has 0 aromatic heterocycles. The van der Waals surface area contributed by atoms with Gasteiger partial charge >= 0.3 is 11.9 Å². The molecule has 0 radical (unpaired) electrons. The van der Waals surface area contributed by atoms with Crippen molar-refractivity contribution in [3.05, 3.63) is 37.8 Å². The third-order valence-corrected chi connectivity index (χ3v) is 10.9. The van der Waals surface area contributed by atoms with E-state index in [4.69, 9.17) is 9.47 Å². The molecule has 0 spiro atoms. The zero-order valence-electron chi connectivity index (χ0n) is 37.7. The maximum absolute atomic E-state index is 12.7. The van der Waals surface area contributed by atoms with Gasteiger partial charge in [0.05, 0.1) is 6.61 Å². The molecular formula is C49H91N3O5. The minimum atomic E-state index is -0.115. The Morgan fingerprint density at radius 1 is 0.614 bits per heavy atom. The first-order valence-electron chi connectivity index (χ1n) is 23.9. The molecule has 0 saturated carbocycles. The van der Waals surface area contributed by atoms with Crippen molar-refractivity contribution in [1.82, 2.24) is 15.1 Å². The van der Waals surface area contributed by atoms with Crippen LogP contribution in [0.5, 0.6) is 0 Å². The van der Waals surface area contributed by atoms with Crippen LogP contribution in [0.1, 0.15) is 220 Å². The Morgan fingerprint density at radius 2 is 1.05 bits per heavy atom. The van der Waals surface area contributed by atoms with Crippen LogP contribution in [0.4, 0.5) is 0 Å². The lowest BCUT2D eigenvalue weighted by Crippen LogP contribution is -2.36. The van der Waals surface area contributed by atoms with Gasteiger partial charge in [0.1, 0.15) is 11.9 Å². The summed E-state index contributed by atoms with van der Waals surface area (Å²) in [5.41, 5.74) is 0. The molecule has 0 saturated heterocycles. The number of carbonyl (C=O) groups excluding carboxylic acids is 3.